The van der Waals surface area contributed by atoms with Crippen molar-refractivity contribution in [3.8, 4) is 0 Å². The van der Waals surface area contributed by atoms with E-state index in [9.17, 15) is 0 Å². The lowest BCUT2D eigenvalue weighted by Gasteiger charge is -2.09. The van der Waals surface area contributed by atoms with Crippen LogP contribution in [0.4, 0.5) is 0 Å². The fraction of sp³-hybridized carbons (Fsp3) is 0.389. The molecule has 4 nitrogen and oxygen atoms in total. The first-order chi connectivity index (χ1) is 11.8. The number of hydrogen-bond donors (Lipinski definition) is 0. The first-order valence-corrected chi connectivity index (χ1v) is 9.78. The number of thioether (sulfide) groups is 1. The van der Waals surface area contributed by atoms with Crippen molar-refractivity contribution in [1.82, 2.24) is 19.7 Å². The van der Waals surface area contributed by atoms with Gasteiger partial charge in [0.2, 0.25) is 0 Å². The van der Waals surface area contributed by atoms with Gasteiger partial charge in [0.1, 0.15) is 11.0 Å². The quantitative estimate of drug-likeness (QED) is 0.477. The standard InChI is InChI=1S/C18H17ClN4S/c19-16-13(9-12-3-1-2-4-15(12)20-16)10-24-18-22-21-17(11-5-6-11)23(18)14-7-8-14/h1-4,9,11,14H,5-8,10H2. The molecular formula is C18H17ClN4S. The maximum absolute atomic E-state index is 6.38. The molecule has 0 radical (unpaired) electrons. The largest absolute Gasteiger partial charge is 0.303 e. The van der Waals surface area contributed by atoms with Crippen LogP contribution >= 0.6 is 23.4 Å². The normalized spacial score (nSPS) is 17.5. The zero-order valence-electron chi connectivity index (χ0n) is 13.2. The molecule has 24 heavy (non-hydrogen) atoms. The minimum Gasteiger partial charge on any atom is -0.303 e. The summed E-state index contributed by atoms with van der Waals surface area (Å²) < 4.78 is 2.38. The number of para-hydroxylation sites is 1. The van der Waals surface area contributed by atoms with Crippen molar-refractivity contribution in [1.29, 1.82) is 0 Å². The van der Waals surface area contributed by atoms with E-state index in [4.69, 9.17) is 11.6 Å². The van der Waals surface area contributed by atoms with Crippen LogP contribution in [-0.2, 0) is 5.75 Å². The van der Waals surface area contributed by atoms with E-state index in [2.05, 4.69) is 31.9 Å². The van der Waals surface area contributed by atoms with Gasteiger partial charge < -0.3 is 4.57 Å². The molecule has 2 aliphatic carbocycles. The van der Waals surface area contributed by atoms with Crippen molar-refractivity contribution in [3.05, 3.63) is 46.9 Å². The van der Waals surface area contributed by atoms with E-state index in [-0.39, 0.29) is 0 Å². The van der Waals surface area contributed by atoms with Crippen LogP contribution in [0.15, 0.2) is 35.5 Å². The summed E-state index contributed by atoms with van der Waals surface area (Å²) in [5.41, 5.74) is 1.99. The van der Waals surface area contributed by atoms with Crippen LogP contribution < -0.4 is 0 Å². The second-order valence-electron chi connectivity index (χ2n) is 6.64. The molecule has 0 atom stereocenters. The van der Waals surface area contributed by atoms with E-state index in [0.29, 0.717) is 17.1 Å². The molecule has 2 saturated carbocycles. The molecule has 1 aromatic carbocycles. The molecular weight excluding hydrogens is 340 g/mol. The molecule has 3 aromatic rings. The second-order valence-corrected chi connectivity index (χ2v) is 7.94. The summed E-state index contributed by atoms with van der Waals surface area (Å²) >= 11 is 8.10. The Morgan fingerprint density at radius 2 is 1.96 bits per heavy atom. The number of benzene rings is 1. The first kappa shape index (κ1) is 14.7. The summed E-state index contributed by atoms with van der Waals surface area (Å²) in [5.74, 6) is 2.60. The Balaban J connectivity index is 1.42. The third kappa shape index (κ3) is 2.70. The lowest BCUT2D eigenvalue weighted by molar-refractivity contribution is 0.627. The molecule has 122 valence electrons. The van der Waals surface area contributed by atoms with Crippen molar-refractivity contribution >= 4 is 34.3 Å². The number of rotatable bonds is 5. The van der Waals surface area contributed by atoms with Crippen molar-refractivity contribution < 1.29 is 0 Å². The molecule has 0 spiro atoms. The van der Waals surface area contributed by atoms with Gasteiger partial charge >= 0.3 is 0 Å². The molecule has 0 bridgehead atoms. The number of pyridine rings is 1. The molecule has 2 fully saturated rings. The highest BCUT2D eigenvalue weighted by Gasteiger charge is 2.36. The van der Waals surface area contributed by atoms with Crippen molar-refractivity contribution in [2.24, 2.45) is 0 Å². The fourth-order valence-electron chi connectivity index (χ4n) is 3.06. The highest BCUT2D eigenvalue weighted by molar-refractivity contribution is 7.98. The summed E-state index contributed by atoms with van der Waals surface area (Å²) in [7, 11) is 0. The highest BCUT2D eigenvalue weighted by Crippen LogP contribution is 2.46. The van der Waals surface area contributed by atoms with Gasteiger partial charge in [-0.25, -0.2) is 4.98 Å². The average Bonchev–Trinajstić information content (AvgIpc) is 3.51. The number of aromatic nitrogens is 4. The molecule has 0 unspecified atom stereocenters. The molecule has 5 rings (SSSR count). The zero-order chi connectivity index (χ0) is 16.1. The van der Waals surface area contributed by atoms with E-state index in [1.807, 2.05) is 18.2 Å². The van der Waals surface area contributed by atoms with Crippen LogP contribution in [0.25, 0.3) is 10.9 Å². The Hall–Kier alpha value is -1.59. The van der Waals surface area contributed by atoms with E-state index in [1.165, 1.54) is 31.5 Å². The Labute approximate surface area is 149 Å². The Bertz CT molecular complexity index is 915. The maximum atomic E-state index is 6.38. The van der Waals surface area contributed by atoms with E-state index in [0.717, 1.165) is 27.4 Å². The summed E-state index contributed by atoms with van der Waals surface area (Å²) in [6, 6.07) is 10.8. The number of nitrogens with zero attached hydrogens (tertiary/aromatic N) is 4. The zero-order valence-corrected chi connectivity index (χ0v) is 14.7. The molecule has 0 N–H and O–H groups in total. The third-order valence-electron chi connectivity index (χ3n) is 4.65. The number of halogens is 1. The molecule has 2 aliphatic rings. The fourth-order valence-corrected chi connectivity index (χ4v) is 4.34. The molecule has 2 aromatic heterocycles. The maximum Gasteiger partial charge on any atom is 0.191 e. The van der Waals surface area contributed by atoms with Gasteiger partial charge in [0.25, 0.3) is 0 Å². The lowest BCUT2D eigenvalue weighted by Crippen LogP contribution is -2.02. The minimum absolute atomic E-state index is 0.584. The van der Waals surface area contributed by atoms with Gasteiger partial charge in [-0.15, -0.1) is 10.2 Å². The van der Waals surface area contributed by atoms with Crippen LogP contribution in [0.3, 0.4) is 0 Å². The minimum atomic E-state index is 0.584. The van der Waals surface area contributed by atoms with Gasteiger partial charge in [-0.05, 0) is 37.8 Å². The van der Waals surface area contributed by atoms with Crippen molar-refractivity contribution in [2.75, 3.05) is 0 Å². The Morgan fingerprint density at radius 1 is 1.12 bits per heavy atom. The lowest BCUT2D eigenvalue weighted by atomic mass is 10.2. The van der Waals surface area contributed by atoms with Crippen molar-refractivity contribution in [2.45, 2.75) is 48.6 Å². The predicted octanol–water partition coefficient (Wildman–Crippen LogP) is 4.98. The van der Waals surface area contributed by atoms with Gasteiger partial charge in [0.15, 0.2) is 5.16 Å². The second kappa shape index (κ2) is 5.74. The smallest absolute Gasteiger partial charge is 0.191 e. The number of hydrogen-bond acceptors (Lipinski definition) is 4. The molecule has 6 heteroatoms. The van der Waals surface area contributed by atoms with Gasteiger partial charge in [-0.1, -0.05) is 41.6 Å². The highest BCUT2D eigenvalue weighted by atomic mass is 35.5. The summed E-state index contributed by atoms with van der Waals surface area (Å²) in [4.78, 5) is 4.51. The van der Waals surface area contributed by atoms with Gasteiger partial charge in [0, 0.05) is 28.7 Å². The van der Waals surface area contributed by atoms with Gasteiger partial charge in [-0.3, -0.25) is 0 Å². The summed E-state index contributed by atoms with van der Waals surface area (Å²) in [6.07, 6.45) is 5.03. The van der Waals surface area contributed by atoms with Crippen LogP contribution in [0, 0.1) is 0 Å². The Kier molecular flexibility index (Phi) is 3.52. The van der Waals surface area contributed by atoms with Crippen LogP contribution in [0.1, 0.15) is 49.0 Å². The molecule has 0 amide bonds. The van der Waals surface area contributed by atoms with E-state index < -0.39 is 0 Å². The third-order valence-corrected chi connectivity index (χ3v) is 5.97. The molecule has 2 heterocycles. The first-order valence-electron chi connectivity index (χ1n) is 8.41. The Morgan fingerprint density at radius 3 is 2.75 bits per heavy atom. The monoisotopic (exact) mass is 356 g/mol. The van der Waals surface area contributed by atoms with E-state index >= 15 is 0 Å². The van der Waals surface area contributed by atoms with E-state index in [1.54, 1.807) is 11.8 Å². The average molecular weight is 357 g/mol. The van der Waals surface area contributed by atoms with Crippen molar-refractivity contribution in [3.63, 3.8) is 0 Å². The predicted molar refractivity (Wildman–Crippen MR) is 96.6 cm³/mol. The SMILES string of the molecule is Clc1nc2ccccc2cc1CSc1nnc(C2CC2)n1C1CC1. The van der Waals surface area contributed by atoms with Crippen LogP contribution in [-0.4, -0.2) is 19.7 Å². The van der Waals surface area contributed by atoms with Crippen LogP contribution in [0.2, 0.25) is 5.15 Å². The molecule has 0 aliphatic heterocycles. The van der Waals surface area contributed by atoms with Gasteiger partial charge in [0.05, 0.1) is 5.52 Å². The summed E-state index contributed by atoms with van der Waals surface area (Å²) in [5, 5.41) is 11.7. The van der Waals surface area contributed by atoms with Gasteiger partial charge in [-0.2, -0.15) is 0 Å². The summed E-state index contributed by atoms with van der Waals surface area (Å²) in [6.45, 7) is 0. The molecule has 0 saturated heterocycles. The topological polar surface area (TPSA) is 43.6 Å². The van der Waals surface area contributed by atoms with Crippen LogP contribution in [0.5, 0.6) is 0 Å². The number of fused-ring (bicyclic) bond motifs is 1.